The van der Waals surface area contributed by atoms with Gasteiger partial charge in [-0.3, -0.25) is 4.79 Å². The van der Waals surface area contributed by atoms with E-state index in [2.05, 4.69) is 20.8 Å². The first-order chi connectivity index (χ1) is 13.3. The molecule has 5 heteroatoms. The minimum Gasteiger partial charge on any atom is -0.447 e. The van der Waals surface area contributed by atoms with E-state index in [1.807, 2.05) is 54.6 Å². The number of carbonyl (C=O) groups excluding carboxylic acids is 2. The number of carbonyl (C=O) groups is 2. The summed E-state index contributed by atoms with van der Waals surface area (Å²) in [5.74, 6) is -0.264. The lowest BCUT2D eigenvalue weighted by molar-refractivity contribution is -0.130. The van der Waals surface area contributed by atoms with E-state index in [-0.39, 0.29) is 36.3 Å². The molecule has 1 heterocycles. The van der Waals surface area contributed by atoms with Crippen molar-refractivity contribution in [1.82, 2.24) is 4.90 Å². The first-order valence-electron chi connectivity index (χ1n) is 9.64. The summed E-state index contributed by atoms with van der Waals surface area (Å²) in [6.07, 6.45) is 0.274. The predicted octanol–water partition coefficient (Wildman–Crippen LogP) is 4.38. The molecule has 28 heavy (non-hydrogen) atoms. The smallest absolute Gasteiger partial charge is 0.416 e. The molecule has 0 aliphatic carbocycles. The molecule has 0 unspecified atom stereocenters. The molecule has 2 atom stereocenters. The van der Waals surface area contributed by atoms with Crippen LogP contribution in [0.3, 0.4) is 0 Å². The summed E-state index contributed by atoms with van der Waals surface area (Å²) < 4.78 is 5.21. The summed E-state index contributed by atoms with van der Waals surface area (Å²) in [6, 6.07) is 17.2. The molecule has 2 amide bonds. The molecule has 2 aromatic carbocycles. The molecule has 2 N–H and O–H groups in total. The van der Waals surface area contributed by atoms with Gasteiger partial charge in [0.05, 0.1) is 6.04 Å². The Hall–Kier alpha value is -2.82. The van der Waals surface area contributed by atoms with Crippen LogP contribution >= 0.6 is 0 Å². The second-order valence-corrected chi connectivity index (χ2v) is 8.48. The van der Waals surface area contributed by atoms with Crippen molar-refractivity contribution in [3.05, 3.63) is 65.7 Å². The van der Waals surface area contributed by atoms with E-state index < -0.39 is 6.09 Å². The Labute approximate surface area is 166 Å². The van der Waals surface area contributed by atoms with Gasteiger partial charge in [0.2, 0.25) is 5.91 Å². The van der Waals surface area contributed by atoms with Gasteiger partial charge in [-0.1, -0.05) is 63.2 Å². The van der Waals surface area contributed by atoms with E-state index >= 15 is 0 Å². The maximum absolute atomic E-state index is 13.2. The zero-order valence-electron chi connectivity index (χ0n) is 16.7. The van der Waals surface area contributed by atoms with Crippen LogP contribution in [0.2, 0.25) is 0 Å². The Kier molecular flexibility index (Phi) is 5.73. The summed E-state index contributed by atoms with van der Waals surface area (Å²) in [6.45, 7) is 6.52. The first-order valence-corrected chi connectivity index (χ1v) is 9.64. The third kappa shape index (κ3) is 4.53. The predicted molar refractivity (Wildman–Crippen MR) is 110 cm³/mol. The van der Waals surface area contributed by atoms with Crippen molar-refractivity contribution in [2.75, 3.05) is 12.3 Å². The highest BCUT2D eigenvalue weighted by Gasteiger charge is 2.40. The highest BCUT2D eigenvalue weighted by atomic mass is 16.6. The molecule has 3 rings (SSSR count). The van der Waals surface area contributed by atoms with E-state index in [0.717, 1.165) is 11.1 Å². The van der Waals surface area contributed by atoms with Gasteiger partial charge in [-0.05, 0) is 41.0 Å². The van der Waals surface area contributed by atoms with Crippen molar-refractivity contribution in [1.29, 1.82) is 0 Å². The lowest BCUT2D eigenvalue weighted by Gasteiger charge is -2.32. The Morgan fingerprint density at radius 3 is 2.54 bits per heavy atom. The molecule has 0 aromatic heterocycles. The fourth-order valence-corrected chi connectivity index (χ4v) is 3.78. The lowest BCUT2D eigenvalue weighted by atomic mass is 9.74. The highest BCUT2D eigenvalue weighted by molar-refractivity contribution is 5.94. The van der Waals surface area contributed by atoms with Crippen molar-refractivity contribution in [2.24, 2.45) is 5.41 Å². The van der Waals surface area contributed by atoms with Gasteiger partial charge >= 0.3 is 6.09 Å². The summed E-state index contributed by atoms with van der Waals surface area (Å²) in [5.41, 5.74) is 8.54. The lowest BCUT2D eigenvalue weighted by Crippen LogP contribution is -2.41. The molecule has 1 saturated heterocycles. The van der Waals surface area contributed by atoms with Gasteiger partial charge in [0.15, 0.2) is 0 Å². The number of hydrogen-bond donors (Lipinski definition) is 1. The van der Waals surface area contributed by atoms with Crippen LogP contribution in [-0.4, -0.2) is 29.5 Å². The number of benzene rings is 2. The van der Waals surface area contributed by atoms with E-state index in [4.69, 9.17) is 10.5 Å². The third-order valence-electron chi connectivity index (χ3n) is 5.28. The molecular formula is C23H28N2O3. The molecule has 2 aromatic rings. The Bertz CT molecular complexity index is 842. The molecule has 1 fully saturated rings. The fraction of sp³-hybridized carbons (Fsp3) is 0.391. The van der Waals surface area contributed by atoms with Gasteiger partial charge in [0.25, 0.3) is 0 Å². The number of nitrogens with two attached hydrogens (primary N) is 1. The molecule has 0 radical (unpaired) electrons. The molecular weight excluding hydrogens is 352 g/mol. The van der Waals surface area contributed by atoms with E-state index in [9.17, 15) is 9.59 Å². The van der Waals surface area contributed by atoms with E-state index in [1.54, 1.807) is 0 Å². The number of rotatable bonds is 5. The minimum absolute atomic E-state index is 0.0609. The molecule has 0 bridgehead atoms. The van der Waals surface area contributed by atoms with Gasteiger partial charge in [-0.15, -0.1) is 0 Å². The number of nitrogens with zero attached hydrogens (tertiary/aromatic N) is 1. The van der Waals surface area contributed by atoms with E-state index in [1.165, 1.54) is 4.90 Å². The maximum Gasteiger partial charge on any atom is 0.416 e. The number of hydrogen-bond acceptors (Lipinski definition) is 4. The topological polar surface area (TPSA) is 72.6 Å². The number of nitrogen functional groups attached to an aromatic ring is 1. The van der Waals surface area contributed by atoms with Crippen LogP contribution in [-0.2, 0) is 16.0 Å². The molecule has 1 aliphatic heterocycles. The van der Waals surface area contributed by atoms with Gasteiger partial charge in [-0.25, -0.2) is 9.69 Å². The largest absolute Gasteiger partial charge is 0.447 e. The number of ether oxygens (including phenoxy) is 1. The summed E-state index contributed by atoms with van der Waals surface area (Å²) in [4.78, 5) is 26.8. The van der Waals surface area contributed by atoms with Crippen molar-refractivity contribution in [3.63, 3.8) is 0 Å². The van der Waals surface area contributed by atoms with Crippen LogP contribution in [0.25, 0.3) is 0 Å². The van der Waals surface area contributed by atoms with Crippen LogP contribution in [0.4, 0.5) is 10.5 Å². The number of anilines is 1. The third-order valence-corrected chi connectivity index (χ3v) is 5.28. The zero-order chi connectivity index (χ0) is 20.3. The zero-order valence-corrected chi connectivity index (χ0v) is 16.7. The monoisotopic (exact) mass is 380 g/mol. The Morgan fingerprint density at radius 1 is 1.18 bits per heavy atom. The summed E-state index contributed by atoms with van der Waals surface area (Å²) in [5, 5.41) is 0. The maximum atomic E-state index is 13.2. The van der Waals surface area contributed by atoms with Crippen molar-refractivity contribution >= 4 is 17.7 Å². The standard InChI is InChI=1S/C23H28N2O3/c1-23(2,3)20(17-10-7-11-18(24)13-17)14-21(26)25-19(15-28-22(25)27)12-16-8-5-4-6-9-16/h4-11,13,19-20H,12,14-15,24H2,1-3H3/t19-,20-/m0/s1. The van der Waals surface area contributed by atoms with Gasteiger partial charge in [-0.2, -0.15) is 0 Å². The number of imide groups is 1. The second kappa shape index (κ2) is 8.05. The molecule has 5 nitrogen and oxygen atoms in total. The first kappa shape index (κ1) is 19.9. The van der Waals surface area contributed by atoms with Gasteiger partial charge in [0, 0.05) is 12.1 Å². The molecule has 0 spiro atoms. The quantitative estimate of drug-likeness (QED) is 0.782. The molecule has 1 aliphatic rings. The minimum atomic E-state index is -0.550. The van der Waals surface area contributed by atoms with Crippen LogP contribution < -0.4 is 5.73 Å². The SMILES string of the molecule is CC(C)(C)[C@@H](CC(=O)N1C(=O)OC[C@@H]1Cc1ccccc1)c1cccc(N)c1. The number of cyclic esters (lactones) is 1. The van der Waals surface area contributed by atoms with Gasteiger partial charge in [0.1, 0.15) is 6.61 Å². The summed E-state index contributed by atoms with van der Waals surface area (Å²) in [7, 11) is 0. The van der Waals surface area contributed by atoms with Crippen LogP contribution in [0.1, 0.15) is 44.2 Å². The second-order valence-electron chi connectivity index (χ2n) is 8.48. The highest BCUT2D eigenvalue weighted by Crippen LogP contribution is 2.39. The van der Waals surface area contributed by atoms with Crippen LogP contribution in [0.5, 0.6) is 0 Å². The average molecular weight is 380 g/mol. The van der Waals surface area contributed by atoms with Crippen molar-refractivity contribution in [2.45, 2.75) is 45.6 Å². The summed E-state index contributed by atoms with van der Waals surface area (Å²) >= 11 is 0. The van der Waals surface area contributed by atoms with Crippen molar-refractivity contribution < 1.29 is 14.3 Å². The Balaban J connectivity index is 1.80. The molecule has 148 valence electrons. The van der Waals surface area contributed by atoms with Crippen molar-refractivity contribution in [3.8, 4) is 0 Å². The fourth-order valence-electron chi connectivity index (χ4n) is 3.78. The molecule has 0 saturated carbocycles. The van der Waals surface area contributed by atoms with E-state index in [0.29, 0.717) is 12.1 Å². The number of amides is 2. The van der Waals surface area contributed by atoms with Crippen LogP contribution in [0.15, 0.2) is 54.6 Å². The van der Waals surface area contributed by atoms with Gasteiger partial charge < -0.3 is 10.5 Å². The average Bonchev–Trinajstić information content (AvgIpc) is 2.99. The van der Waals surface area contributed by atoms with Crippen LogP contribution in [0, 0.1) is 5.41 Å². The normalized spacial score (nSPS) is 18.0. The Morgan fingerprint density at radius 2 is 1.89 bits per heavy atom.